The standard InChI is InChI=1S/C23H20BrN3OS/c1-16(18-8-3-2-4-9-18)27-22(25-26-23(27)29)19-10-5-7-17(13-19)15-28-21-12-6-11-20(24)14-21/h2-14,16H,15H2,1H3,(H,26,29)/t16-/m0/s1. The molecule has 0 bridgehead atoms. The highest BCUT2D eigenvalue weighted by molar-refractivity contribution is 9.10. The largest absolute Gasteiger partial charge is 0.489 e. The highest BCUT2D eigenvalue weighted by atomic mass is 79.9. The molecule has 29 heavy (non-hydrogen) atoms. The van der Waals surface area contributed by atoms with Gasteiger partial charge in [0.2, 0.25) is 0 Å². The molecule has 1 N–H and O–H groups in total. The number of aromatic amines is 1. The van der Waals surface area contributed by atoms with Gasteiger partial charge in [0.1, 0.15) is 12.4 Å². The van der Waals surface area contributed by atoms with Crippen LogP contribution in [-0.4, -0.2) is 14.8 Å². The molecule has 0 amide bonds. The molecule has 4 rings (SSSR count). The van der Waals surface area contributed by atoms with E-state index in [1.807, 2.05) is 60.7 Å². The van der Waals surface area contributed by atoms with Crippen LogP contribution < -0.4 is 4.74 Å². The molecule has 4 nitrogen and oxygen atoms in total. The Balaban J connectivity index is 1.61. The lowest BCUT2D eigenvalue weighted by molar-refractivity contribution is 0.306. The van der Waals surface area contributed by atoms with Gasteiger partial charge in [-0.15, -0.1) is 0 Å². The summed E-state index contributed by atoms with van der Waals surface area (Å²) in [5.41, 5.74) is 3.24. The Labute approximate surface area is 183 Å². The summed E-state index contributed by atoms with van der Waals surface area (Å²) >= 11 is 8.99. The quantitative estimate of drug-likeness (QED) is 0.328. The molecule has 0 unspecified atom stereocenters. The maximum Gasteiger partial charge on any atom is 0.196 e. The van der Waals surface area contributed by atoms with Gasteiger partial charge in [0, 0.05) is 10.0 Å². The summed E-state index contributed by atoms with van der Waals surface area (Å²) in [6, 6.07) is 26.4. The van der Waals surface area contributed by atoms with Crippen molar-refractivity contribution >= 4 is 28.1 Å². The van der Waals surface area contributed by atoms with Crippen LogP contribution in [0.25, 0.3) is 11.4 Å². The molecule has 0 saturated heterocycles. The fraction of sp³-hybridized carbons (Fsp3) is 0.130. The Morgan fingerprint density at radius 1 is 1.03 bits per heavy atom. The molecule has 1 aromatic heterocycles. The average Bonchev–Trinajstić information content (AvgIpc) is 3.14. The highest BCUT2D eigenvalue weighted by Crippen LogP contribution is 2.26. The maximum atomic E-state index is 5.93. The smallest absolute Gasteiger partial charge is 0.196 e. The van der Waals surface area contributed by atoms with Gasteiger partial charge in [-0.2, -0.15) is 5.10 Å². The molecule has 0 aliphatic rings. The van der Waals surface area contributed by atoms with Crippen molar-refractivity contribution in [3.8, 4) is 17.1 Å². The van der Waals surface area contributed by atoms with Crippen LogP contribution in [0.2, 0.25) is 0 Å². The van der Waals surface area contributed by atoms with E-state index in [1.165, 1.54) is 5.56 Å². The monoisotopic (exact) mass is 465 g/mol. The first-order valence-electron chi connectivity index (χ1n) is 9.31. The van der Waals surface area contributed by atoms with Crippen LogP contribution in [0.1, 0.15) is 24.1 Å². The van der Waals surface area contributed by atoms with Gasteiger partial charge in [-0.1, -0.05) is 70.5 Å². The van der Waals surface area contributed by atoms with E-state index in [4.69, 9.17) is 17.0 Å². The molecule has 0 spiro atoms. The summed E-state index contributed by atoms with van der Waals surface area (Å²) in [5, 5.41) is 7.45. The van der Waals surface area contributed by atoms with Crippen molar-refractivity contribution in [1.29, 1.82) is 0 Å². The van der Waals surface area contributed by atoms with Crippen molar-refractivity contribution in [1.82, 2.24) is 14.8 Å². The van der Waals surface area contributed by atoms with E-state index in [2.05, 4.69) is 55.8 Å². The third-order valence-corrected chi connectivity index (χ3v) is 5.54. The summed E-state index contributed by atoms with van der Waals surface area (Å²) in [7, 11) is 0. The van der Waals surface area contributed by atoms with Gasteiger partial charge in [0.25, 0.3) is 0 Å². The van der Waals surface area contributed by atoms with Crippen LogP contribution in [0.15, 0.2) is 83.3 Å². The SMILES string of the molecule is C[C@@H](c1ccccc1)n1c(-c2cccc(COc3cccc(Br)c3)c2)n[nH]c1=S. The van der Waals surface area contributed by atoms with Gasteiger partial charge >= 0.3 is 0 Å². The van der Waals surface area contributed by atoms with E-state index >= 15 is 0 Å². The van der Waals surface area contributed by atoms with E-state index < -0.39 is 0 Å². The number of H-pyrrole nitrogens is 1. The number of aromatic nitrogens is 3. The normalized spacial score (nSPS) is 11.9. The van der Waals surface area contributed by atoms with E-state index in [9.17, 15) is 0 Å². The van der Waals surface area contributed by atoms with Crippen LogP contribution in [0.3, 0.4) is 0 Å². The van der Waals surface area contributed by atoms with Crippen LogP contribution in [0.5, 0.6) is 5.75 Å². The first kappa shape index (κ1) is 19.6. The molecular formula is C23H20BrN3OS. The lowest BCUT2D eigenvalue weighted by atomic mass is 10.1. The lowest BCUT2D eigenvalue weighted by Gasteiger charge is -2.16. The van der Waals surface area contributed by atoms with Gasteiger partial charge in [0.15, 0.2) is 10.6 Å². The van der Waals surface area contributed by atoms with Crippen molar-refractivity contribution in [2.45, 2.75) is 19.6 Å². The van der Waals surface area contributed by atoms with E-state index in [1.54, 1.807) is 0 Å². The molecule has 0 aliphatic carbocycles. The Morgan fingerprint density at radius 2 is 1.83 bits per heavy atom. The predicted octanol–water partition coefficient (Wildman–Crippen LogP) is 6.56. The van der Waals surface area contributed by atoms with Crippen molar-refractivity contribution in [2.75, 3.05) is 0 Å². The van der Waals surface area contributed by atoms with Gasteiger partial charge in [0.05, 0.1) is 6.04 Å². The zero-order valence-electron chi connectivity index (χ0n) is 15.9. The molecule has 0 saturated carbocycles. The number of halogens is 1. The first-order valence-corrected chi connectivity index (χ1v) is 10.5. The minimum atomic E-state index is 0.0685. The summed E-state index contributed by atoms with van der Waals surface area (Å²) in [5.74, 6) is 1.64. The molecular weight excluding hydrogens is 446 g/mol. The topological polar surface area (TPSA) is 42.8 Å². The number of nitrogens with zero attached hydrogens (tertiary/aromatic N) is 2. The number of benzene rings is 3. The summed E-state index contributed by atoms with van der Waals surface area (Å²) in [4.78, 5) is 0. The van der Waals surface area contributed by atoms with E-state index in [0.29, 0.717) is 11.4 Å². The second-order valence-corrected chi connectivity index (χ2v) is 8.06. The van der Waals surface area contributed by atoms with Crippen molar-refractivity contribution < 1.29 is 4.74 Å². The van der Waals surface area contributed by atoms with Gasteiger partial charge in [-0.3, -0.25) is 9.67 Å². The van der Waals surface area contributed by atoms with Gasteiger partial charge < -0.3 is 4.74 Å². The molecule has 4 aromatic rings. The Kier molecular flexibility index (Phi) is 5.92. The number of rotatable bonds is 6. The zero-order valence-corrected chi connectivity index (χ0v) is 18.3. The summed E-state index contributed by atoms with van der Waals surface area (Å²) in [6.07, 6.45) is 0. The molecule has 3 aromatic carbocycles. The fourth-order valence-electron chi connectivity index (χ4n) is 3.27. The van der Waals surface area contributed by atoms with Crippen molar-refractivity contribution in [3.63, 3.8) is 0 Å². The Morgan fingerprint density at radius 3 is 2.62 bits per heavy atom. The molecule has 0 fully saturated rings. The third-order valence-electron chi connectivity index (χ3n) is 4.76. The van der Waals surface area contributed by atoms with E-state index in [0.717, 1.165) is 27.2 Å². The average molecular weight is 466 g/mol. The lowest BCUT2D eigenvalue weighted by Crippen LogP contribution is -2.09. The Hall–Kier alpha value is -2.70. The van der Waals surface area contributed by atoms with Crippen LogP contribution in [-0.2, 0) is 6.61 Å². The second kappa shape index (κ2) is 8.76. The highest BCUT2D eigenvalue weighted by Gasteiger charge is 2.16. The molecule has 0 radical (unpaired) electrons. The maximum absolute atomic E-state index is 5.93. The molecule has 6 heteroatoms. The number of nitrogens with one attached hydrogen (secondary N) is 1. The van der Waals surface area contributed by atoms with Gasteiger partial charge in [-0.25, -0.2) is 0 Å². The number of ether oxygens (including phenoxy) is 1. The predicted molar refractivity (Wildman–Crippen MR) is 122 cm³/mol. The van der Waals surface area contributed by atoms with Crippen LogP contribution in [0.4, 0.5) is 0 Å². The minimum absolute atomic E-state index is 0.0685. The molecule has 146 valence electrons. The first-order chi connectivity index (χ1) is 14.1. The summed E-state index contributed by atoms with van der Waals surface area (Å²) < 4.78 is 9.58. The minimum Gasteiger partial charge on any atom is -0.489 e. The third kappa shape index (κ3) is 4.49. The Bertz CT molecular complexity index is 1170. The second-order valence-electron chi connectivity index (χ2n) is 6.76. The molecule has 1 heterocycles. The van der Waals surface area contributed by atoms with Crippen molar-refractivity contribution in [2.24, 2.45) is 0 Å². The molecule has 1 atom stereocenters. The summed E-state index contributed by atoms with van der Waals surface area (Å²) in [6.45, 7) is 2.61. The van der Waals surface area contributed by atoms with E-state index in [-0.39, 0.29) is 6.04 Å². The number of hydrogen-bond acceptors (Lipinski definition) is 3. The molecule has 0 aliphatic heterocycles. The van der Waals surface area contributed by atoms with Crippen LogP contribution in [0, 0.1) is 4.77 Å². The number of hydrogen-bond donors (Lipinski definition) is 1. The zero-order chi connectivity index (χ0) is 20.2. The van der Waals surface area contributed by atoms with Crippen molar-refractivity contribution in [3.05, 3.63) is 99.2 Å². The van der Waals surface area contributed by atoms with Crippen LogP contribution >= 0.6 is 28.1 Å². The fourth-order valence-corrected chi connectivity index (χ4v) is 3.94. The van der Waals surface area contributed by atoms with Gasteiger partial charge in [-0.05, 0) is 54.5 Å².